The molecule has 0 aliphatic carbocycles. The van der Waals surface area contributed by atoms with Crippen molar-refractivity contribution in [3.05, 3.63) is 52.0 Å². The van der Waals surface area contributed by atoms with Gasteiger partial charge in [0, 0.05) is 30.0 Å². The van der Waals surface area contributed by atoms with Gasteiger partial charge < -0.3 is 15.5 Å². The van der Waals surface area contributed by atoms with Crippen LogP contribution in [0.2, 0.25) is 0 Å². The van der Waals surface area contributed by atoms with Crippen molar-refractivity contribution < 1.29 is 14.4 Å². The number of carbonyl (C=O) groups excluding carboxylic acids is 3. The zero-order valence-corrected chi connectivity index (χ0v) is 17.6. The van der Waals surface area contributed by atoms with Gasteiger partial charge >= 0.3 is 0 Å². The molecule has 3 rings (SSSR count). The Kier molecular flexibility index (Phi) is 5.84. The molecule has 2 N–H and O–H groups in total. The third-order valence-corrected chi connectivity index (χ3v) is 5.58. The second-order valence-electron chi connectivity index (χ2n) is 7.06. The molecule has 1 aliphatic heterocycles. The van der Waals surface area contributed by atoms with Crippen LogP contribution in [0.4, 0.5) is 17.1 Å². The Morgan fingerprint density at radius 2 is 1.82 bits per heavy atom. The lowest BCUT2D eigenvalue weighted by molar-refractivity contribution is -0.122. The summed E-state index contributed by atoms with van der Waals surface area (Å²) in [6.07, 6.45) is 0.155. The van der Waals surface area contributed by atoms with Crippen LogP contribution in [0.3, 0.4) is 0 Å². The molecule has 2 aromatic carbocycles. The Hall–Kier alpha value is -2.67. The summed E-state index contributed by atoms with van der Waals surface area (Å²) in [5, 5.41) is 5.59. The Morgan fingerprint density at radius 3 is 2.50 bits per heavy atom. The molecule has 1 atom stereocenters. The van der Waals surface area contributed by atoms with E-state index in [0.717, 1.165) is 21.3 Å². The lowest BCUT2D eigenvalue weighted by Crippen LogP contribution is -2.28. The highest BCUT2D eigenvalue weighted by atomic mass is 79.9. The second-order valence-corrected chi connectivity index (χ2v) is 7.91. The lowest BCUT2D eigenvalue weighted by atomic mass is 10.1. The number of aryl methyl sites for hydroxylation is 2. The topological polar surface area (TPSA) is 78.5 Å². The first-order valence-corrected chi connectivity index (χ1v) is 9.79. The molecule has 146 valence electrons. The van der Waals surface area contributed by atoms with Crippen molar-refractivity contribution in [3.8, 4) is 0 Å². The summed E-state index contributed by atoms with van der Waals surface area (Å²) in [4.78, 5) is 38.3. The smallest absolute Gasteiger partial charge is 0.229 e. The van der Waals surface area contributed by atoms with Gasteiger partial charge in [-0.3, -0.25) is 14.4 Å². The molecule has 0 bridgehead atoms. The van der Waals surface area contributed by atoms with E-state index in [9.17, 15) is 14.4 Å². The van der Waals surface area contributed by atoms with Crippen molar-refractivity contribution in [3.63, 3.8) is 0 Å². The Morgan fingerprint density at radius 1 is 1.07 bits per heavy atom. The molecule has 0 spiro atoms. The van der Waals surface area contributed by atoms with Crippen molar-refractivity contribution in [1.82, 2.24) is 0 Å². The summed E-state index contributed by atoms with van der Waals surface area (Å²) in [6, 6.07) is 11.1. The number of rotatable bonds is 4. The first-order chi connectivity index (χ1) is 13.2. The average Bonchev–Trinajstić information content (AvgIpc) is 3.01. The van der Waals surface area contributed by atoms with Gasteiger partial charge in [0.05, 0.1) is 17.3 Å². The van der Waals surface area contributed by atoms with Gasteiger partial charge in [-0.15, -0.1) is 0 Å². The fourth-order valence-electron chi connectivity index (χ4n) is 3.22. The van der Waals surface area contributed by atoms with E-state index in [1.54, 1.807) is 17.0 Å². The van der Waals surface area contributed by atoms with Crippen molar-refractivity contribution in [2.75, 3.05) is 22.1 Å². The van der Waals surface area contributed by atoms with E-state index in [0.29, 0.717) is 17.9 Å². The van der Waals surface area contributed by atoms with Crippen LogP contribution >= 0.6 is 15.9 Å². The molecular weight excluding hydrogens is 422 g/mol. The minimum atomic E-state index is -0.456. The molecule has 2 aromatic rings. The Bertz CT molecular complexity index is 958. The normalized spacial score (nSPS) is 16.2. The number of halogens is 1. The van der Waals surface area contributed by atoms with E-state index < -0.39 is 5.92 Å². The van der Waals surface area contributed by atoms with Gasteiger partial charge in [-0.25, -0.2) is 0 Å². The summed E-state index contributed by atoms with van der Waals surface area (Å²) < 4.78 is 0.974. The number of hydrogen-bond donors (Lipinski definition) is 2. The monoisotopic (exact) mass is 443 g/mol. The van der Waals surface area contributed by atoms with Crippen molar-refractivity contribution in [2.45, 2.75) is 27.2 Å². The van der Waals surface area contributed by atoms with Gasteiger partial charge in [0.25, 0.3) is 0 Å². The van der Waals surface area contributed by atoms with Gasteiger partial charge in [0.1, 0.15) is 0 Å². The van der Waals surface area contributed by atoms with Crippen LogP contribution in [-0.4, -0.2) is 24.3 Å². The van der Waals surface area contributed by atoms with Crippen LogP contribution in [0.1, 0.15) is 24.5 Å². The number of benzene rings is 2. The molecule has 0 aromatic heterocycles. The molecule has 1 saturated heterocycles. The fourth-order valence-corrected chi connectivity index (χ4v) is 3.47. The van der Waals surface area contributed by atoms with E-state index in [2.05, 4.69) is 26.6 Å². The third-order valence-electron chi connectivity index (χ3n) is 4.69. The van der Waals surface area contributed by atoms with E-state index >= 15 is 0 Å². The van der Waals surface area contributed by atoms with Crippen LogP contribution < -0.4 is 15.5 Å². The molecule has 0 saturated carbocycles. The maximum atomic E-state index is 12.8. The van der Waals surface area contributed by atoms with Crippen LogP contribution in [0.25, 0.3) is 0 Å². The number of carbonyl (C=O) groups is 3. The second kappa shape index (κ2) is 8.14. The molecule has 3 amide bonds. The minimum absolute atomic E-state index is 0.0757. The molecule has 1 aliphatic rings. The minimum Gasteiger partial charge on any atom is -0.325 e. The Balaban J connectivity index is 1.76. The highest BCUT2D eigenvalue weighted by molar-refractivity contribution is 9.10. The number of nitrogens with zero attached hydrogens (tertiary/aromatic N) is 1. The Labute approximate surface area is 172 Å². The highest BCUT2D eigenvalue weighted by Crippen LogP contribution is 2.30. The first-order valence-electron chi connectivity index (χ1n) is 9.00. The predicted octanol–water partition coefficient (Wildman–Crippen LogP) is 4.02. The average molecular weight is 444 g/mol. The molecule has 6 nitrogen and oxygen atoms in total. The summed E-state index contributed by atoms with van der Waals surface area (Å²) >= 11 is 3.46. The standard InChI is InChI=1S/C21H22BrN3O3/c1-12-4-7-18(23-14(3)26)19(8-12)24-21(28)15-10-20(27)25(11-15)16-5-6-17(22)13(2)9-16/h4-9,15H,10-11H2,1-3H3,(H,23,26)(H,24,28). The summed E-state index contributed by atoms with van der Waals surface area (Å²) in [6.45, 7) is 5.61. The number of amides is 3. The van der Waals surface area contributed by atoms with Crippen LogP contribution in [0.5, 0.6) is 0 Å². The quantitative estimate of drug-likeness (QED) is 0.748. The predicted molar refractivity (Wildman–Crippen MR) is 113 cm³/mol. The first kappa shape index (κ1) is 20.1. The van der Waals surface area contributed by atoms with E-state index in [4.69, 9.17) is 0 Å². The van der Waals surface area contributed by atoms with Crippen LogP contribution in [-0.2, 0) is 14.4 Å². The van der Waals surface area contributed by atoms with Gasteiger partial charge in [0.15, 0.2) is 0 Å². The molecule has 1 heterocycles. The zero-order valence-electron chi connectivity index (χ0n) is 16.0. The summed E-state index contributed by atoms with van der Waals surface area (Å²) in [7, 11) is 0. The van der Waals surface area contributed by atoms with E-state index in [-0.39, 0.29) is 24.1 Å². The maximum absolute atomic E-state index is 12.8. The SMILES string of the molecule is CC(=O)Nc1ccc(C)cc1NC(=O)C1CC(=O)N(c2ccc(Br)c(C)c2)C1. The number of nitrogens with one attached hydrogen (secondary N) is 2. The van der Waals surface area contributed by atoms with Gasteiger partial charge in [-0.1, -0.05) is 22.0 Å². The molecule has 0 radical (unpaired) electrons. The molecule has 7 heteroatoms. The lowest BCUT2D eigenvalue weighted by Gasteiger charge is -2.18. The van der Waals surface area contributed by atoms with Crippen LogP contribution in [0.15, 0.2) is 40.9 Å². The highest BCUT2D eigenvalue weighted by Gasteiger charge is 2.35. The van der Waals surface area contributed by atoms with Gasteiger partial charge in [-0.2, -0.15) is 0 Å². The molecule has 1 unspecified atom stereocenters. The largest absolute Gasteiger partial charge is 0.325 e. The third kappa shape index (κ3) is 4.42. The fraction of sp³-hybridized carbons (Fsp3) is 0.286. The molecular formula is C21H22BrN3O3. The summed E-state index contributed by atoms with van der Waals surface area (Å²) in [5.74, 6) is -0.982. The van der Waals surface area contributed by atoms with Crippen molar-refractivity contribution in [2.24, 2.45) is 5.92 Å². The van der Waals surface area contributed by atoms with Crippen LogP contribution in [0, 0.1) is 19.8 Å². The van der Waals surface area contributed by atoms with E-state index in [1.807, 2.05) is 38.1 Å². The zero-order chi connectivity index (χ0) is 20.4. The molecule has 1 fully saturated rings. The number of hydrogen-bond acceptors (Lipinski definition) is 3. The van der Waals surface area contributed by atoms with Crippen molar-refractivity contribution in [1.29, 1.82) is 0 Å². The van der Waals surface area contributed by atoms with Gasteiger partial charge in [0.2, 0.25) is 17.7 Å². The van der Waals surface area contributed by atoms with Gasteiger partial charge in [-0.05, 0) is 55.3 Å². The van der Waals surface area contributed by atoms with E-state index in [1.165, 1.54) is 6.92 Å². The van der Waals surface area contributed by atoms with Crippen molar-refractivity contribution >= 4 is 50.7 Å². The molecule has 28 heavy (non-hydrogen) atoms. The maximum Gasteiger partial charge on any atom is 0.229 e. The summed E-state index contributed by atoms with van der Waals surface area (Å²) in [5.41, 5.74) is 3.84. The number of anilines is 3.